The summed E-state index contributed by atoms with van der Waals surface area (Å²) in [5, 5.41) is 1.26. The third kappa shape index (κ3) is 4.35. The molecule has 27 heavy (non-hydrogen) atoms. The summed E-state index contributed by atoms with van der Waals surface area (Å²) in [6, 6.07) is 14.6. The summed E-state index contributed by atoms with van der Waals surface area (Å²) in [6.07, 6.45) is 8.73. The van der Waals surface area contributed by atoms with E-state index in [4.69, 9.17) is 0 Å². The number of aromatic nitrogens is 3. The van der Waals surface area contributed by atoms with Gasteiger partial charge < -0.3 is 9.38 Å². The lowest BCUT2D eigenvalue weighted by molar-refractivity contribution is 0.326. The highest BCUT2D eigenvalue weighted by molar-refractivity contribution is 7.97. The van der Waals surface area contributed by atoms with E-state index < -0.39 is 0 Å². The van der Waals surface area contributed by atoms with Crippen LogP contribution in [0.15, 0.2) is 66.0 Å². The minimum Gasteiger partial charge on any atom is -0.361 e. The SMILES string of the molecule is CNSc1ccc2cc[nH]c2c1.c1ccn2c(CN3CCCC3)cnc2c1. The number of rotatable bonds is 4. The molecule has 0 radical (unpaired) electrons. The normalized spacial score (nSPS) is 14.6. The second kappa shape index (κ2) is 8.61. The standard InChI is InChI=1S/C12H15N3.C9H10N2S/c1-2-8-15-11(9-13-12(15)5-1)10-14-6-3-4-7-14;1-10-12-8-3-2-7-4-5-11-9(7)6-8/h1-2,5,8-9H,3-4,6-7,10H2;2-6,10-11H,1H3. The lowest BCUT2D eigenvalue weighted by Gasteiger charge is -2.13. The molecule has 5 nitrogen and oxygen atoms in total. The van der Waals surface area contributed by atoms with E-state index in [0.29, 0.717) is 0 Å². The minimum atomic E-state index is 1.03. The van der Waals surface area contributed by atoms with Crippen molar-refractivity contribution in [3.63, 3.8) is 0 Å². The smallest absolute Gasteiger partial charge is 0.136 e. The van der Waals surface area contributed by atoms with Crippen molar-refractivity contribution in [1.82, 2.24) is 24.0 Å². The molecule has 1 saturated heterocycles. The van der Waals surface area contributed by atoms with E-state index in [2.05, 4.69) is 60.5 Å². The number of nitrogens with zero attached hydrogens (tertiary/aromatic N) is 3. The molecule has 140 valence electrons. The van der Waals surface area contributed by atoms with Crippen molar-refractivity contribution in [2.75, 3.05) is 20.1 Å². The summed E-state index contributed by atoms with van der Waals surface area (Å²) in [7, 11) is 1.92. The number of hydrogen-bond donors (Lipinski definition) is 2. The Hall–Kier alpha value is -2.28. The summed E-state index contributed by atoms with van der Waals surface area (Å²) in [6.45, 7) is 3.51. The third-order valence-electron chi connectivity index (χ3n) is 4.82. The maximum absolute atomic E-state index is 4.40. The van der Waals surface area contributed by atoms with Crippen LogP contribution < -0.4 is 4.72 Å². The van der Waals surface area contributed by atoms with E-state index >= 15 is 0 Å². The second-order valence-electron chi connectivity index (χ2n) is 6.69. The van der Waals surface area contributed by atoms with Gasteiger partial charge in [0.25, 0.3) is 0 Å². The minimum absolute atomic E-state index is 1.03. The average Bonchev–Trinajstić information content (AvgIpc) is 3.44. The fourth-order valence-corrected chi connectivity index (χ4v) is 4.03. The number of pyridine rings is 1. The van der Waals surface area contributed by atoms with Gasteiger partial charge in [0.1, 0.15) is 5.65 Å². The molecule has 1 aliphatic rings. The van der Waals surface area contributed by atoms with Gasteiger partial charge in [-0.2, -0.15) is 0 Å². The number of nitrogens with one attached hydrogen (secondary N) is 2. The average molecular weight is 380 g/mol. The monoisotopic (exact) mass is 379 g/mol. The van der Waals surface area contributed by atoms with Gasteiger partial charge in [0, 0.05) is 29.4 Å². The molecular formula is C21H25N5S. The van der Waals surface area contributed by atoms with Crippen LogP contribution in [0.5, 0.6) is 0 Å². The zero-order valence-corrected chi connectivity index (χ0v) is 16.4. The van der Waals surface area contributed by atoms with Crippen molar-refractivity contribution in [3.05, 3.63) is 66.7 Å². The zero-order valence-electron chi connectivity index (χ0n) is 15.6. The van der Waals surface area contributed by atoms with Gasteiger partial charge >= 0.3 is 0 Å². The first kappa shape index (κ1) is 18.1. The fraction of sp³-hybridized carbons (Fsp3) is 0.286. The molecular weight excluding hydrogens is 354 g/mol. The van der Waals surface area contributed by atoms with E-state index in [1.54, 1.807) is 11.9 Å². The first-order valence-corrected chi connectivity index (χ1v) is 10.2. The molecule has 4 heterocycles. The maximum Gasteiger partial charge on any atom is 0.136 e. The Morgan fingerprint density at radius 2 is 2.04 bits per heavy atom. The van der Waals surface area contributed by atoms with Gasteiger partial charge in [0.05, 0.1) is 11.9 Å². The number of hydrogen-bond acceptors (Lipinski definition) is 4. The van der Waals surface area contributed by atoms with Crippen LogP contribution in [-0.4, -0.2) is 39.4 Å². The van der Waals surface area contributed by atoms with Gasteiger partial charge in [-0.15, -0.1) is 0 Å². The Bertz CT molecular complexity index is 1000. The highest BCUT2D eigenvalue weighted by Gasteiger charge is 2.13. The Kier molecular flexibility index (Phi) is 5.77. The highest BCUT2D eigenvalue weighted by atomic mass is 32.2. The van der Waals surface area contributed by atoms with Crippen molar-refractivity contribution in [3.8, 4) is 0 Å². The number of fused-ring (bicyclic) bond motifs is 2. The molecule has 0 saturated carbocycles. The molecule has 2 N–H and O–H groups in total. The molecule has 0 unspecified atom stereocenters. The van der Waals surface area contributed by atoms with E-state index in [-0.39, 0.29) is 0 Å². The van der Waals surface area contributed by atoms with Crippen LogP contribution in [-0.2, 0) is 6.54 Å². The maximum atomic E-state index is 4.40. The lowest BCUT2D eigenvalue weighted by atomic mass is 10.2. The van der Waals surface area contributed by atoms with Gasteiger partial charge in [0.15, 0.2) is 0 Å². The Balaban J connectivity index is 0.000000137. The second-order valence-corrected chi connectivity index (χ2v) is 7.78. The Labute approximate surface area is 163 Å². The lowest BCUT2D eigenvalue weighted by Crippen LogP contribution is -2.19. The topological polar surface area (TPSA) is 48.4 Å². The number of likely N-dealkylation sites (tertiary alicyclic amines) is 1. The summed E-state index contributed by atoms with van der Waals surface area (Å²) in [4.78, 5) is 11.3. The van der Waals surface area contributed by atoms with Gasteiger partial charge in [0.2, 0.25) is 0 Å². The Morgan fingerprint density at radius 1 is 1.15 bits per heavy atom. The summed E-state index contributed by atoms with van der Waals surface area (Å²) in [5.74, 6) is 0. The van der Waals surface area contributed by atoms with Crippen molar-refractivity contribution in [2.45, 2.75) is 24.3 Å². The van der Waals surface area contributed by atoms with Crippen LogP contribution in [0.4, 0.5) is 0 Å². The van der Waals surface area contributed by atoms with Gasteiger partial charge in [-0.05, 0) is 80.6 Å². The molecule has 6 heteroatoms. The molecule has 0 aliphatic carbocycles. The molecule has 4 aromatic rings. The first-order valence-electron chi connectivity index (χ1n) is 9.37. The van der Waals surface area contributed by atoms with E-state index in [1.807, 2.05) is 31.6 Å². The van der Waals surface area contributed by atoms with Crippen LogP contribution in [0.25, 0.3) is 16.6 Å². The molecule has 1 aromatic carbocycles. The van der Waals surface area contributed by atoms with Crippen molar-refractivity contribution in [1.29, 1.82) is 0 Å². The van der Waals surface area contributed by atoms with Gasteiger partial charge in [-0.3, -0.25) is 9.62 Å². The van der Waals surface area contributed by atoms with Crippen LogP contribution in [0.2, 0.25) is 0 Å². The number of benzene rings is 1. The van der Waals surface area contributed by atoms with Gasteiger partial charge in [-0.1, -0.05) is 12.1 Å². The van der Waals surface area contributed by atoms with Gasteiger partial charge in [-0.25, -0.2) is 4.98 Å². The largest absolute Gasteiger partial charge is 0.361 e. The first-order chi connectivity index (χ1) is 13.3. The molecule has 5 rings (SSSR count). The number of aromatic amines is 1. The van der Waals surface area contributed by atoms with E-state index in [0.717, 1.165) is 12.2 Å². The number of H-pyrrole nitrogens is 1. The summed E-state index contributed by atoms with van der Waals surface area (Å²) in [5.41, 5.74) is 3.54. The summed E-state index contributed by atoms with van der Waals surface area (Å²) < 4.78 is 5.22. The van der Waals surface area contributed by atoms with Crippen molar-refractivity contribution in [2.24, 2.45) is 0 Å². The number of imidazole rings is 1. The molecule has 0 atom stereocenters. The van der Waals surface area contributed by atoms with Crippen molar-refractivity contribution >= 4 is 28.5 Å². The van der Waals surface area contributed by atoms with Crippen LogP contribution in [0.1, 0.15) is 18.5 Å². The Morgan fingerprint density at radius 3 is 2.89 bits per heavy atom. The summed E-state index contributed by atoms with van der Waals surface area (Å²) >= 11 is 1.62. The molecule has 1 aliphatic heterocycles. The fourth-order valence-electron chi connectivity index (χ4n) is 3.48. The van der Waals surface area contributed by atoms with E-state index in [1.165, 1.54) is 47.4 Å². The highest BCUT2D eigenvalue weighted by Crippen LogP contribution is 2.20. The van der Waals surface area contributed by atoms with Crippen LogP contribution in [0.3, 0.4) is 0 Å². The molecule has 3 aromatic heterocycles. The molecule has 1 fully saturated rings. The zero-order chi connectivity index (χ0) is 18.5. The molecule has 0 bridgehead atoms. The predicted molar refractivity (Wildman–Crippen MR) is 113 cm³/mol. The van der Waals surface area contributed by atoms with Crippen molar-refractivity contribution < 1.29 is 0 Å². The predicted octanol–water partition coefficient (Wildman–Crippen LogP) is 4.32. The molecule has 0 amide bonds. The van der Waals surface area contributed by atoms with E-state index in [9.17, 15) is 0 Å². The van der Waals surface area contributed by atoms with Crippen LogP contribution in [0, 0.1) is 0 Å². The van der Waals surface area contributed by atoms with Crippen LogP contribution >= 0.6 is 11.9 Å². The quantitative estimate of drug-likeness (QED) is 0.518. The molecule has 0 spiro atoms. The third-order valence-corrected chi connectivity index (χ3v) is 5.52.